The quantitative estimate of drug-likeness (QED) is 0.799. The molecule has 1 unspecified atom stereocenters. The Morgan fingerprint density at radius 1 is 1.32 bits per heavy atom. The Balaban J connectivity index is 3.00. The lowest BCUT2D eigenvalue weighted by Crippen LogP contribution is -2.20. The fourth-order valence-corrected chi connectivity index (χ4v) is 2.00. The van der Waals surface area contributed by atoms with Crippen LogP contribution in [0.3, 0.4) is 0 Å². The first-order valence-electron chi connectivity index (χ1n) is 6.55. The van der Waals surface area contributed by atoms with Crippen LogP contribution in [0.15, 0.2) is 18.2 Å². The summed E-state index contributed by atoms with van der Waals surface area (Å²) in [6, 6.07) is 4.83. The summed E-state index contributed by atoms with van der Waals surface area (Å²) in [5, 5.41) is 9.18. The highest BCUT2D eigenvalue weighted by Crippen LogP contribution is 2.17. The Hall–Kier alpha value is -1.84. The SMILES string of the molecule is CCCC(CC)OC(=O)c1cccc(C)c1C(=O)O. The third-order valence-corrected chi connectivity index (χ3v) is 3.05. The monoisotopic (exact) mass is 264 g/mol. The minimum Gasteiger partial charge on any atom is -0.478 e. The number of rotatable bonds is 6. The summed E-state index contributed by atoms with van der Waals surface area (Å²) in [7, 11) is 0. The van der Waals surface area contributed by atoms with Crippen LogP contribution >= 0.6 is 0 Å². The van der Waals surface area contributed by atoms with Gasteiger partial charge in [0.2, 0.25) is 0 Å². The minimum atomic E-state index is -1.10. The van der Waals surface area contributed by atoms with Crippen molar-refractivity contribution in [3.63, 3.8) is 0 Å². The molecule has 0 aliphatic rings. The Labute approximate surface area is 113 Å². The molecule has 0 aliphatic carbocycles. The van der Waals surface area contributed by atoms with E-state index >= 15 is 0 Å². The van der Waals surface area contributed by atoms with Gasteiger partial charge in [-0.1, -0.05) is 32.4 Å². The van der Waals surface area contributed by atoms with Crippen LogP contribution in [0.4, 0.5) is 0 Å². The summed E-state index contributed by atoms with van der Waals surface area (Å²) in [6.07, 6.45) is 2.29. The highest BCUT2D eigenvalue weighted by atomic mass is 16.5. The molecule has 1 N–H and O–H groups in total. The molecule has 0 amide bonds. The van der Waals surface area contributed by atoms with E-state index in [0.29, 0.717) is 5.56 Å². The van der Waals surface area contributed by atoms with Gasteiger partial charge in [0.25, 0.3) is 0 Å². The van der Waals surface area contributed by atoms with E-state index in [-0.39, 0.29) is 17.2 Å². The Bertz CT molecular complexity index is 465. The maximum Gasteiger partial charge on any atom is 0.339 e. The second-order valence-corrected chi connectivity index (χ2v) is 4.53. The van der Waals surface area contributed by atoms with Gasteiger partial charge < -0.3 is 9.84 Å². The van der Waals surface area contributed by atoms with Crippen molar-refractivity contribution in [3.8, 4) is 0 Å². The van der Waals surface area contributed by atoms with Gasteiger partial charge in [-0.05, 0) is 31.4 Å². The van der Waals surface area contributed by atoms with Crippen LogP contribution in [0, 0.1) is 6.92 Å². The summed E-state index contributed by atoms with van der Waals surface area (Å²) >= 11 is 0. The molecule has 104 valence electrons. The number of benzene rings is 1. The number of hydrogen-bond acceptors (Lipinski definition) is 3. The van der Waals surface area contributed by atoms with Crippen LogP contribution < -0.4 is 0 Å². The van der Waals surface area contributed by atoms with Gasteiger partial charge in [0.15, 0.2) is 0 Å². The number of ether oxygens (including phenoxy) is 1. The lowest BCUT2D eigenvalue weighted by atomic mass is 10.0. The summed E-state index contributed by atoms with van der Waals surface area (Å²) in [4.78, 5) is 23.3. The molecular weight excluding hydrogens is 244 g/mol. The van der Waals surface area contributed by atoms with Crippen molar-refractivity contribution in [2.75, 3.05) is 0 Å². The molecule has 0 heterocycles. The van der Waals surface area contributed by atoms with Gasteiger partial charge in [-0.25, -0.2) is 9.59 Å². The largest absolute Gasteiger partial charge is 0.478 e. The summed E-state index contributed by atoms with van der Waals surface area (Å²) < 4.78 is 5.37. The zero-order valence-electron chi connectivity index (χ0n) is 11.6. The average molecular weight is 264 g/mol. The second kappa shape index (κ2) is 6.92. The summed E-state index contributed by atoms with van der Waals surface area (Å²) in [5.41, 5.74) is 0.714. The molecule has 0 radical (unpaired) electrons. The first-order valence-corrected chi connectivity index (χ1v) is 6.55. The van der Waals surface area contributed by atoms with E-state index in [1.807, 2.05) is 13.8 Å². The Kier molecular flexibility index (Phi) is 5.55. The Morgan fingerprint density at radius 3 is 2.53 bits per heavy atom. The van der Waals surface area contributed by atoms with Crippen molar-refractivity contribution >= 4 is 11.9 Å². The zero-order valence-corrected chi connectivity index (χ0v) is 11.6. The molecule has 0 bridgehead atoms. The predicted octanol–water partition coefficient (Wildman–Crippen LogP) is 3.43. The molecule has 1 aromatic carbocycles. The third-order valence-electron chi connectivity index (χ3n) is 3.05. The van der Waals surface area contributed by atoms with Crippen LogP contribution in [-0.2, 0) is 4.74 Å². The predicted molar refractivity (Wildman–Crippen MR) is 72.5 cm³/mol. The van der Waals surface area contributed by atoms with Gasteiger partial charge in [-0.2, -0.15) is 0 Å². The molecule has 19 heavy (non-hydrogen) atoms. The fraction of sp³-hybridized carbons (Fsp3) is 0.467. The highest BCUT2D eigenvalue weighted by Gasteiger charge is 2.21. The van der Waals surface area contributed by atoms with Gasteiger partial charge in [-0.3, -0.25) is 0 Å². The number of aryl methyl sites for hydroxylation is 1. The molecule has 4 nitrogen and oxygen atoms in total. The number of esters is 1. The van der Waals surface area contributed by atoms with Gasteiger partial charge in [0.1, 0.15) is 6.10 Å². The molecule has 1 atom stereocenters. The van der Waals surface area contributed by atoms with Crippen LogP contribution in [0.1, 0.15) is 59.4 Å². The van der Waals surface area contributed by atoms with E-state index < -0.39 is 11.9 Å². The van der Waals surface area contributed by atoms with Crippen LogP contribution in [0.2, 0.25) is 0 Å². The normalized spacial score (nSPS) is 11.9. The van der Waals surface area contributed by atoms with Gasteiger partial charge >= 0.3 is 11.9 Å². The Morgan fingerprint density at radius 2 is 2.00 bits per heavy atom. The van der Waals surface area contributed by atoms with E-state index in [0.717, 1.165) is 19.3 Å². The van der Waals surface area contributed by atoms with Crippen LogP contribution in [0.25, 0.3) is 0 Å². The number of carbonyl (C=O) groups is 2. The zero-order chi connectivity index (χ0) is 14.4. The molecule has 0 aliphatic heterocycles. The maximum atomic E-state index is 12.1. The van der Waals surface area contributed by atoms with E-state index in [9.17, 15) is 14.7 Å². The lowest BCUT2D eigenvalue weighted by Gasteiger charge is -2.16. The van der Waals surface area contributed by atoms with Crippen LogP contribution in [0.5, 0.6) is 0 Å². The number of aromatic carboxylic acids is 1. The molecule has 0 spiro atoms. The molecule has 1 rings (SSSR count). The summed E-state index contributed by atoms with van der Waals surface area (Å²) in [6.45, 7) is 5.64. The van der Waals surface area contributed by atoms with Crippen molar-refractivity contribution in [1.82, 2.24) is 0 Å². The molecule has 4 heteroatoms. The average Bonchev–Trinajstić information content (AvgIpc) is 2.37. The second-order valence-electron chi connectivity index (χ2n) is 4.53. The number of carboxylic acids is 1. The first kappa shape index (κ1) is 15.2. The smallest absolute Gasteiger partial charge is 0.339 e. The van der Waals surface area contributed by atoms with Crippen molar-refractivity contribution in [2.24, 2.45) is 0 Å². The first-order chi connectivity index (χ1) is 9.01. The van der Waals surface area contributed by atoms with E-state index in [2.05, 4.69) is 0 Å². The topological polar surface area (TPSA) is 63.6 Å². The van der Waals surface area contributed by atoms with Crippen molar-refractivity contribution in [1.29, 1.82) is 0 Å². The summed E-state index contributed by atoms with van der Waals surface area (Å²) in [5.74, 6) is -1.66. The van der Waals surface area contributed by atoms with Gasteiger partial charge in [0.05, 0.1) is 11.1 Å². The lowest BCUT2D eigenvalue weighted by molar-refractivity contribution is 0.0266. The van der Waals surface area contributed by atoms with Crippen molar-refractivity contribution in [3.05, 3.63) is 34.9 Å². The third kappa shape index (κ3) is 3.81. The van der Waals surface area contributed by atoms with Gasteiger partial charge in [0, 0.05) is 0 Å². The number of hydrogen-bond donors (Lipinski definition) is 1. The molecule has 0 saturated heterocycles. The van der Waals surface area contributed by atoms with Crippen molar-refractivity contribution in [2.45, 2.75) is 46.1 Å². The van der Waals surface area contributed by atoms with Gasteiger partial charge in [-0.15, -0.1) is 0 Å². The van der Waals surface area contributed by atoms with Crippen LogP contribution in [-0.4, -0.2) is 23.1 Å². The fourth-order valence-electron chi connectivity index (χ4n) is 2.00. The number of carboxylic acid groups (broad SMARTS) is 1. The molecular formula is C15H20O4. The standard InChI is InChI=1S/C15H20O4/c1-4-7-11(5-2)19-15(18)12-9-6-8-10(3)13(12)14(16)17/h6,8-9,11H,4-5,7H2,1-3H3,(H,16,17). The molecule has 0 fully saturated rings. The minimum absolute atomic E-state index is 0.0267. The van der Waals surface area contributed by atoms with Crippen molar-refractivity contribution < 1.29 is 19.4 Å². The molecule has 1 aromatic rings. The molecule has 0 aromatic heterocycles. The highest BCUT2D eigenvalue weighted by molar-refractivity contribution is 6.03. The van der Waals surface area contributed by atoms with E-state index in [4.69, 9.17) is 4.74 Å². The van der Waals surface area contributed by atoms with E-state index in [1.54, 1.807) is 19.1 Å². The van der Waals surface area contributed by atoms with E-state index in [1.165, 1.54) is 6.07 Å². The molecule has 0 saturated carbocycles. The number of carbonyl (C=O) groups excluding carboxylic acids is 1. The maximum absolute atomic E-state index is 12.1.